The molecule has 1 heterocycles. The zero-order valence-electron chi connectivity index (χ0n) is 10.0. The molecule has 0 radical (unpaired) electrons. The van der Waals surface area contributed by atoms with Crippen molar-refractivity contribution < 1.29 is 0 Å². The van der Waals surface area contributed by atoms with Crippen molar-refractivity contribution in [2.45, 2.75) is 19.4 Å². The van der Waals surface area contributed by atoms with Crippen LogP contribution in [0.4, 0.5) is 0 Å². The van der Waals surface area contributed by atoms with E-state index < -0.39 is 0 Å². The molecule has 17 heavy (non-hydrogen) atoms. The average molecular weight is 231 g/mol. The van der Waals surface area contributed by atoms with E-state index in [2.05, 4.69) is 10.3 Å². The number of rotatable bonds is 5. The van der Waals surface area contributed by atoms with Crippen molar-refractivity contribution in [2.24, 2.45) is 0 Å². The van der Waals surface area contributed by atoms with E-state index in [9.17, 15) is 4.79 Å². The lowest BCUT2D eigenvalue weighted by molar-refractivity contribution is 0.575. The number of para-hydroxylation sites is 1. The number of fused-ring (bicyclic) bond motifs is 1. The van der Waals surface area contributed by atoms with Crippen LogP contribution in [0.15, 0.2) is 35.4 Å². The lowest BCUT2D eigenvalue weighted by atomic mass is 10.2. The Morgan fingerprint density at radius 3 is 2.94 bits per heavy atom. The third-order valence-electron chi connectivity index (χ3n) is 2.81. The van der Waals surface area contributed by atoms with Crippen LogP contribution in [0.3, 0.4) is 0 Å². The molecule has 1 aromatic heterocycles. The average Bonchev–Trinajstić information content (AvgIpc) is 2.37. The van der Waals surface area contributed by atoms with Gasteiger partial charge in [0.15, 0.2) is 0 Å². The summed E-state index contributed by atoms with van der Waals surface area (Å²) in [4.78, 5) is 16.4. The summed E-state index contributed by atoms with van der Waals surface area (Å²) in [5, 5.41) is 3.79. The molecule has 0 atom stereocenters. The molecule has 4 nitrogen and oxygen atoms in total. The first kappa shape index (κ1) is 11.8. The summed E-state index contributed by atoms with van der Waals surface area (Å²) in [6.45, 7) is 1.72. The summed E-state index contributed by atoms with van der Waals surface area (Å²) >= 11 is 0. The fourth-order valence-corrected chi connectivity index (χ4v) is 1.85. The third kappa shape index (κ3) is 2.71. The molecule has 0 aliphatic heterocycles. The van der Waals surface area contributed by atoms with Crippen LogP contribution in [0.5, 0.6) is 0 Å². The Morgan fingerprint density at radius 1 is 1.29 bits per heavy atom. The first-order chi connectivity index (χ1) is 8.33. The van der Waals surface area contributed by atoms with E-state index in [0.717, 1.165) is 31.4 Å². The normalized spacial score (nSPS) is 10.9. The second kappa shape index (κ2) is 5.59. The van der Waals surface area contributed by atoms with E-state index in [1.54, 1.807) is 10.9 Å². The van der Waals surface area contributed by atoms with Crippen LogP contribution < -0.4 is 10.9 Å². The van der Waals surface area contributed by atoms with Crippen molar-refractivity contribution in [1.29, 1.82) is 0 Å². The Morgan fingerprint density at radius 2 is 2.12 bits per heavy atom. The van der Waals surface area contributed by atoms with Gasteiger partial charge in [0.25, 0.3) is 5.56 Å². The molecule has 1 aromatic carbocycles. The van der Waals surface area contributed by atoms with Gasteiger partial charge in [-0.25, -0.2) is 4.98 Å². The predicted octanol–water partition coefficient (Wildman–Crippen LogP) is 1.40. The number of aryl methyl sites for hydroxylation is 1. The van der Waals surface area contributed by atoms with Gasteiger partial charge < -0.3 is 5.32 Å². The topological polar surface area (TPSA) is 46.9 Å². The number of benzene rings is 1. The number of hydrogen-bond donors (Lipinski definition) is 1. The van der Waals surface area contributed by atoms with Gasteiger partial charge in [0.05, 0.1) is 17.2 Å². The summed E-state index contributed by atoms with van der Waals surface area (Å²) in [5.41, 5.74) is 0.823. The van der Waals surface area contributed by atoms with E-state index >= 15 is 0 Å². The fraction of sp³-hybridized carbons (Fsp3) is 0.385. The molecule has 4 heteroatoms. The minimum Gasteiger partial charge on any atom is -0.320 e. The van der Waals surface area contributed by atoms with Crippen molar-refractivity contribution >= 4 is 10.9 Å². The first-order valence-corrected chi connectivity index (χ1v) is 5.91. The number of nitrogens with one attached hydrogen (secondary N) is 1. The third-order valence-corrected chi connectivity index (χ3v) is 2.81. The number of nitrogens with zero attached hydrogens (tertiary/aromatic N) is 2. The quantitative estimate of drug-likeness (QED) is 0.791. The zero-order chi connectivity index (χ0) is 12.1. The van der Waals surface area contributed by atoms with E-state index in [1.165, 1.54) is 0 Å². The summed E-state index contributed by atoms with van der Waals surface area (Å²) in [6.07, 6.45) is 3.70. The highest BCUT2D eigenvalue weighted by molar-refractivity contribution is 5.76. The van der Waals surface area contributed by atoms with E-state index in [-0.39, 0.29) is 5.56 Å². The molecule has 0 aliphatic carbocycles. The second-order valence-electron chi connectivity index (χ2n) is 4.07. The van der Waals surface area contributed by atoms with E-state index in [1.807, 2.05) is 31.3 Å². The van der Waals surface area contributed by atoms with Gasteiger partial charge in [0.2, 0.25) is 0 Å². The van der Waals surface area contributed by atoms with Gasteiger partial charge >= 0.3 is 0 Å². The van der Waals surface area contributed by atoms with Gasteiger partial charge in [-0.05, 0) is 38.6 Å². The van der Waals surface area contributed by atoms with Crippen LogP contribution in [0, 0.1) is 0 Å². The van der Waals surface area contributed by atoms with Crippen molar-refractivity contribution in [3.8, 4) is 0 Å². The van der Waals surface area contributed by atoms with Crippen molar-refractivity contribution in [1.82, 2.24) is 14.9 Å². The molecule has 0 aliphatic rings. The Kier molecular flexibility index (Phi) is 3.88. The first-order valence-electron chi connectivity index (χ1n) is 5.91. The van der Waals surface area contributed by atoms with Crippen molar-refractivity contribution in [2.75, 3.05) is 13.6 Å². The van der Waals surface area contributed by atoms with Gasteiger partial charge in [-0.2, -0.15) is 0 Å². The fourth-order valence-electron chi connectivity index (χ4n) is 1.85. The zero-order valence-corrected chi connectivity index (χ0v) is 10.0. The highest BCUT2D eigenvalue weighted by Crippen LogP contribution is 2.04. The maximum atomic E-state index is 12.1. The molecule has 0 bridgehead atoms. The predicted molar refractivity (Wildman–Crippen MR) is 69.2 cm³/mol. The molecule has 0 fully saturated rings. The van der Waals surface area contributed by atoms with Crippen LogP contribution >= 0.6 is 0 Å². The summed E-state index contributed by atoms with van der Waals surface area (Å²) in [7, 11) is 1.93. The molecule has 0 saturated carbocycles. The van der Waals surface area contributed by atoms with Crippen LogP contribution in [0.25, 0.3) is 10.9 Å². The number of aromatic nitrogens is 2. The largest absolute Gasteiger partial charge is 0.320 e. The summed E-state index contributed by atoms with van der Waals surface area (Å²) < 4.78 is 1.69. The molecule has 2 rings (SSSR count). The van der Waals surface area contributed by atoms with Crippen LogP contribution in [0.1, 0.15) is 12.8 Å². The highest BCUT2D eigenvalue weighted by Gasteiger charge is 2.02. The monoisotopic (exact) mass is 231 g/mol. The van der Waals surface area contributed by atoms with Crippen LogP contribution in [-0.2, 0) is 6.54 Å². The van der Waals surface area contributed by atoms with Gasteiger partial charge in [0.1, 0.15) is 0 Å². The molecular formula is C13H17N3O. The van der Waals surface area contributed by atoms with Crippen molar-refractivity contribution in [3.63, 3.8) is 0 Å². The van der Waals surface area contributed by atoms with Gasteiger partial charge in [-0.3, -0.25) is 9.36 Å². The van der Waals surface area contributed by atoms with E-state index in [4.69, 9.17) is 0 Å². The second-order valence-corrected chi connectivity index (χ2v) is 4.07. The van der Waals surface area contributed by atoms with Crippen LogP contribution in [0.2, 0.25) is 0 Å². The minimum atomic E-state index is 0.0556. The number of hydrogen-bond acceptors (Lipinski definition) is 3. The lowest BCUT2D eigenvalue weighted by Crippen LogP contribution is -2.21. The summed E-state index contributed by atoms with van der Waals surface area (Å²) in [6, 6.07) is 7.46. The smallest absolute Gasteiger partial charge is 0.261 e. The Labute approximate surface area is 100 Å². The van der Waals surface area contributed by atoms with Crippen LogP contribution in [-0.4, -0.2) is 23.1 Å². The number of unbranched alkanes of at least 4 members (excludes halogenated alkanes) is 1. The van der Waals surface area contributed by atoms with Crippen molar-refractivity contribution in [3.05, 3.63) is 40.9 Å². The Hall–Kier alpha value is -1.68. The molecule has 0 amide bonds. The highest BCUT2D eigenvalue weighted by atomic mass is 16.1. The molecule has 0 unspecified atom stereocenters. The molecule has 1 N–H and O–H groups in total. The maximum absolute atomic E-state index is 12.1. The van der Waals surface area contributed by atoms with Gasteiger partial charge in [-0.1, -0.05) is 12.1 Å². The maximum Gasteiger partial charge on any atom is 0.261 e. The molecule has 0 saturated heterocycles. The Balaban J connectivity index is 2.18. The minimum absolute atomic E-state index is 0.0556. The Bertz CT molecular complexity index is 548. The molecule has 2 aromatic rings. The van der Waals surface area contributed by atoms with E-state index in [0.29, 0.717) is 5.39 Å². The molecule has 0 spiro atoms. The van der Waals surface area contributed by atoms with Gasteiger partial charge in [-0.15, -0.1) is 0 Å². The molecular weight excluding hydrogens is 214 g/mol. The SMILES string of the molecule is CNCCCCn1cnc2ccccc2c1=O. The van der Waals surface area contributed by atoms with Gasteiger partial charge in [0, 0.05) is 6.54 Å². The molecule has 90 valence electrons. The summed E-state index contributed by atoms with van der Waals surface area (Å²) in [5.74, 6) is 0. The standard InChI is InChI=1S/C13H17N3O/c1-14-8-4-5-9-16-10-15-12-7-3-2-6-11(12)13(16)17/h2-3,6-7,10,14H,4-5,8-9H2,1H3. The lowest BCUT2D eigenvalue weighted by Gasteiger charge is -2.06.